The average Bonchev–Trinajstić information content (AvgIpc) is 3.59. The summed E-state index contributed by atoms with van der Waals surface area (Å²) in [6.07, 6.45) is 3.06. The third-order valence-electron chi connectivity index (χ3n) is 6.15. The normalized spacial score (nSPS) is 11.3. The molecule has 0 unspecified atom stereocenters. The zero-order chi connectivity index (χ0) is 28.1. The van der Waals surface area contributed by atoms with Gasteiger partial charge in [0.15, 0.2) is 23.2 Å². The van der Waals surface area contributed by atoms with Crippen molar-refractivity contribution < 1.29 is 18.6 Å². The van der Waals surface area contributed by atoms with Crippen molar-refractivity contribution in [3.63, 3.8) is 0 Å². The number of aromatic amines is 2. The Bertz CT molecular complexity index is 1610. The maximum atomic E-state index is 14.5. The van der Waals surface area contributed by atoms with Crippen LogP contribution in [0, 0.1) is 5.82 Å². The summed E-state index contributed by atoms with van der Waals surface area (Å²) in [5, 5.41) is 10.7. The number of rotatable bonds is 12. The zero-order valence-corrected chi connectivity index (χ0v) is 22.9. The minimum atomic E-state index is -0.492. The fourth-order valence-electron chi connectivity index (χ4n) is 3.97. The Morgan fingerprint density at radius 3 is 2.73 bits per heavy atom. The number of likely N-dealkylation sites (N-methyl/N-ethyl adjacent to an activating group) is 1. The lowest BCUT2D eigenvalue weighted by atomic mass is 10.2. The Kier molecular flexibility index (Phi) is 8.39. The third-order valence-corrected chi connectivity index (χ3v) is 6.38. The summed E-state index contributed by atoms with van der Waals surface area (Å²) in [7, 11) is 5.21. The number of anilines is 2. The number of halogens is 2. The van der Waals surface area contributed by atoms with Gasteiger partial charge in [0.25, 0.3) is 0 Å². The monoisotopic (exact) mass is 566 g/mol. The molecule has 0 fully saturated rings. The average molecular weight is 567 g/mol. The molecule has 0 spiro atoms. The number of imidazole rings is 1. The van der Waals surface area contributed by atoms with Crippen molar-refractivity contribution in [2.75, 3.05) is 52.9 Å². The lowest BCUT2D eigenvalue weighted by molar-refractivity contribution is 0.150. The van der Waals surface area contributed by atoms with Gasteiger partial charge in [-0.2, -0.15) is 5.10 Å². The van der Waals surface area contributed by atoms with Crippen molar-refractivity contribution in [3.05, 3.63) is 59.6 Å². The Morgan fingerprint density at radius 1 is 1.05 bits per heavy atom. The van der Waals surface area contributed by atoms with Gasteiger partial charge in [0.2, 0.25) is 0 Å². The van der Waals surface area contributed by atoms with E-state index in [1.807, 2.05) is 25.2 Å². The van der Waals surface area contributed by atoms with E-state index in [2.05, 4.69) is 35.4 Å². The molecule has 3 heterocycles. The van der Waals surface area contributed by atoms with Crippen LogP contribution in [0.15, 0.2) is 48.8 Å². The topological polar surface area (TPSA) is 126 Å². The van der Waals surface area contributed by atoms with Gasteiger partial charge in [0, 0.05) is 31.3 Å². The molecule has 0 aliphatic rings. The molecule has 13 heteroatoms. The molecule has 11 nitrogen and oxygen atoms in total. The summed E-state index contributed by atoms with van der Waals surface area (Å²) < 4.78 is 30.9. The number of nitrogens with one attached hydrogen (secondary N) is 3. The van der Waals surface area contributed by atoms with Crippen molar-refractivity contribution in [1.29, 1.82) is 0 Å². The number of fused-ring (bicyclic) bond motifs is 1. The summed E-state index contributed by atoms with van der Waals surface area (Å²) in [6, 6.07) is 9.89. The molecule has 0 saturated heterocycles. The predicted molar refractivity (Wildman–Crippen MR) is 151 cm³/mol. The number of hydrogen-bond acceptors (Lipinski definition) is 9. The van der Waals surface area contributed by atoms with Crippen LogP contribution in [0.5, 0.6) is 11.5 Å². The first-order valence-electron chi connectivity index (χ1n) is 12.4. The second-order valence-electron chi connectivity index (χ2n) is 8.93. The molecule has 0 saturated carbocycles. The van der Waals surface area contributed by atoms with Crippen LogP contribution >= 0.6 is 11.6 Å². The lowest BCUT2D eigenvalue weighted by Gasteiger charge is -2.16. The molecular weight excluding hydrogens is 539 g/mol. The van der Waals surface area contributed by atoms with E-state index in [1.54, 1.807) is 13.3 Å². The van der Waals surface area contributed by atoms with E-state index in [1.165, 1.54) is 31.5 Å². The van der Waals surface area contributed by atoms with E-state index in [4.69, 9.17) is 30.8 Å². The first kappa shape index (κ1) is 27.3. The van der Waals surface area contributed by atoms with Gasteiger partial charge < -0.3 is 29.4 Å². The molecule has 5 aromatic rings. The molecule has 3 N–H and O–H groups in total. The smallest absolute Gasteiger partial charge is 0.179 e. The predicted octanol–water partition coefficient (Wildman–Crippen LogP) is 4.91. The van der Waals surface area contributed by atoms with Crippen LogP contribution in [0.3, 0.4) is 0 Å². The summed E-state index contributed by atoms with van der Waals surface area (Å²) in [4.78, 5) is 18.9. The fourth-order valence-corrected chi connectivity index (χ4v) is 4.14. The SMILES string of the molecule is COCCN(C)CCOc1ccc2nc(-c3[nH]ncc3Nc3nc(-c4cc(Cl)ccc4F)ncc3OC)[nH]c2c1. The fraction of sp³-hybridized carbons (Fsp3) is 0.259. The Morgan fingerprint density at radius 2 is 1.90 bits per heavy atom. The number of H-pyrrole nitrogens is 2. The highest BCUT2D eigenvalue weighted by molar-refractivity contribution is 6.30. The van der Waals surface area contributed by atoms with Gasteiger partial charge >= 0.3 is 0 Å². The summed E-state index contributed by atoms with van der Waals surface area (Å²) in [5.41, 5.74) is 2.90. The van der Waals surface area contributed by atoms with E-state index in [-0.39, 0.29) is 11.4 Å². The van der Waals surface area contributed by atoms with Crippen molar-refractivity contribution in [2.45, 2.75) is 0 Å². The maximum Gasteiger partial charge on any atom is 0.179 e. The minimum absolute atomic E-state index is 0.148. The van der Waals surface area contributed by atoms with Crippen LogP contribution in [0.4, 0.5) is 15.9 Å². The van der Waals surface area contributed by atoms with E-state index in [0.717, 1.165) is 29.9 Å². The molecule has 0 aliphatic carbocycles. The van der Waals surface area contributed by atoms with Gasteiger partial charge in [-0.25, -0.2) is 19.3 Å². The van der Waals surface area contributed by atoms with Gasteiger partial charge in [0.05, 0.1) is 48.4 Å². The van der Waals surface area contributed by atoms with Crippen molar-refractivity contribution in [3.8, 4) is 34.4 Å². The number of benzene rings is 2. The standard InChI is InChI=1S/C27H28ClFN8O3/c1-37(8-10-38-2)9-11-40-17-5-7-20-21(13-17)33-27(32-20)24-22(14-31-36-24)34-26-23(39-3)15-30-25(35-26)18-12-16(28)4-6-19(18)29/h4-7,12-15H,8-11H2,1-3H3,(H,31,36)(H,32,33)(H,30,34,35). The number of ether oxygens (including phenoxy) is 3. The molecular formula is C27H28ClFN8O3. The summed E-state index contributed by atoms with van der Waals surface area (Å²) in [5.74, 6) is 1.62. The van der Waals surface area contributed by atoms with Crippen molar-refractivity contribution in [2.24, 2.45) is 0 Å². The van der Waals surface area contributed by atoms with Crippen LogP contribution in [0.2, 0.25) is 5.02 Å². The van der Waals surface area contributed by atoms with Gasteiger partial charge in [-0.15, -0.1) is 0 Å². The van der Waals surface area contributed by atoms with Crippen molar-refractivity contribution in [1.82, 2.24) is 35.0 Å². The number of methoxy groups -OCH3 is 2. The molecule has 40 heavy (non-hydrogen) atoms. The largest absolute Gasteiger partial charge is 0.492 e. The van der Waals surface area contributed by atoms with E-state index in [0.29, 0.717) is 47.0 Å². The minimum Gasteiger partial charge on any atom is -0.492 e. The molecule has 0 amide bonds. The number of nitrogens with zero attached hydrogens (tertiary/aromatic N) is 5. The molecule has 3 aromatic heterocycles. The van der Waals surface area contributed by atoms with Crippen LogP contribution in [-0.2, 0) is 4.74 Å². The van der Waals surface area contributed by atoms with Crippen LogP contribution in [0.25, 0.3) is 33.9 Å². The van der Waals surface area contributed by atoms with Crippen LogP contribution in [-0.4, -0.2) is 82.6 Å². The van der Waals surface area contributed by atoms with Gasteiger partial charge in [0.1, 0.15) is 23.9 Å². The highest BCUT2D eigenvalue weighted by Gasteiger charge is 2.18. The molecule has 208 valence electrons. The molecule has 0 bridgehead atoms. The lowest BCUT2D eigenvalue weighted by Crippen LogP contribution is -2.27. The Hall–Kier alpha value is -4.26. The Labute approximate surface area is 234 Å². The number of aromatic nitrogens is 6. The quantitative estimate of drug-likeness (QED) is 0.193. The highest BCUT2D eigenvalue weighted by atomic mass is 35.5. The van der Waals surface area contributed by atoms with Crippen LogP contribution < -0.4 is 14.8 Å². The molecule has 5 rings (SSSR count). The van der Waals surface area contributed by atoms with Gasteiger partial charge in [-0.1, -0.05) is 11.6 Å². The molecule has 0 atom stereocenters. The van der Waals surface area contributed by atoms with E-state index < -0.39 is 5.82 Å². The zero-order valence-electron chi connectivity index (χ0n) is 22.2. The number of hydrogen-bond donors (Lipinski definition) is 3. The van der Waals surface area contributed by atoms with Crippen LogP contribution in [0.1, 0.15) is 0 Å². The summed E-state index contributed by atoms with van der Waals surface area (Å²) in [6.45, 7) is 2.83. The van der Waals surface area contributed by atoms with E-state index in [9.17, 15) is 4.39 Å². The third kappa shape index (κ3) is 6.14. The van der Waals surface area contributed by atoms with E-state index >= 15 is 0 Å². The molecule has 0 radical (unpaired) electrons. The maximum absolute atomic E-state index is 14.5. The Balaban J connectivity index is 1.36. The second-order valence-corrected chi connectivity index (χ2v) is 9.36. The first-order chi connectivity index (χ1) is 19.4. The summed E-state index contributed by atoms with van der Waals surface area (Å²) >= 11 is 6.07. The molecule has 0 aliphatic heterocycles. The highest BCUT2D eigenvalue weighted by Crippen LogP contribution is 2.33. The van der Waals surface area contributed by atoms with Crippen molar-refractivity contribution >= 4 is 34.1 Å². The molecule has 2 aromatic carbocycles. The second kappa shape index (κ2) is 12.3. The van der Waals surface area contributed by atoms with Gasteiger partial charge in [-0.3, -0.25) is 5.10 Å². The van der Waals surface area contributed by atoms with Gasteiger partial charge in [-0.05, 0) is 37.4 Å². The first-order valence-corrected chi connectivity index (χ1v) is 12.8.